The summed E-state index contributed by atoms with van der Waals surface area (Å²) in [6.07, 6.45) is 0.501. The van der Waals surface area contributed by atoms with Gasteiger partial charge in [-0.25, -0.2) is 0 Å². The second kappa shape index (κ2) is 11.9. The topological polar surface area (TPSA) is 108 Å². The summed E-state index contributed by atoms with van der Waals surface area (Å²) in [7, 11) is 1.45. The van der Waals surface area contributed by atoms with Crippen LogP contribution in [0.15, 0.2) is 0 Å². The Kier molecular flexibility index (Phi) is 10.2. The van der Waals surface area contributed by atoms with Gasteiger partial charge in [0.15, 0.2) is 12.4 Å². The summed E-state index contributed by atoms with van der Waals surface area (Å²) in [5.41, 5.74) is 0. The van der Waals surface area contributed by atoms with Crippen molar-refractivity contribution in [3.05, 3.63) is 0 Å². The fourth-order valence-electron chi connectivity index (χ4n) is 2.97. The number of hydrogen-bond acceptors (Lipinski definition) is 7. The van der Waals surface area contributed by atoms with Crippen molar-refractivity contribution in [2.24, 2.45) is 5.92 Å². The quantitative estimate of drug-likeness (QED) is 0.549. The van der Waals surface area contributed by atoms with Crippen LogP contribution in [0.5, 0.6) is 0 Å². The molecule has 8 heteroatoms. The summed E-state index contributed by atoms with van der Waals surface area (Å²) in [4.78, 5) is 34.7. The highest BCUT2D eigenvalue weighted by molar-refractivity contribution is 5.70. The lowest BCUT2D eigenvalue weighted by Crippen LogP contribution is -2.53. The van der Waals surface area contributed by atoms with E-state index in [0.29, 0.717) is 25.7 Å². The Balaban J connectivity index is 2.91. The Morgan fingerprint density at radius 1 is 1.04 bits per heavy atom. The highest BCUT2D eigenvalue weighted by Crippen LogP contribution is 2.31. The lowest BCUT2D eigenvalue weighted by atomic mass is 9.88. The molecule has 0 unspecified atom stereocenters. The van der Waals surface area contributed by atoms with E-state index in [9.17, 15) is 14.4 Å². The van der Waals surface area contributed by atoms with Gasteiger partial charge in [0, 0.05) is 32.3 Å². The van der Waals surface area contributed by atoms with Crippen molar-refractivity contribution in [1.29, 1.82) is 0 Å². The first-order valence-corrected chi connectivity index (χ1v) is 9.18. The van der Waals surface area contributed by atoms with Crippen molar-refractivity contribution in [2.75, 3.05) is 13.7 Å². The lowest BCUT2D eigenvalue weighted by molar-refractivity contribution is -0.260. The molecular formula is C18H30O8. The zero-order valence-electron chi connectivity index (χ0n) is 15.8. The van der Waals surface area contributed by atoms with Gasteiger partial charge in [0.05, 0.1) is 6.61 Å². The van der Waals surface area contributed by atoms with Crippen molar-refractivity contribution >= 4 is 17.9 Å². The predicted molar refractivity (Wildman–Crippen MR) is 91.3 cm³/mol. The maximum Gasteiger partial charge on any atom is 0.306 e. The van der Waals surface area contributed by atoms with Gasteiger partial charge in [0.1, 0.15) is 6.10 Å². The highest BCUT2D eigenvalue weighted by atomic mass is 16.7. The second-order valence-electron chi connectivity index (χ2n) is 6.37. The minimum absolute atomic E-state index is 0.0136. The normalized spacial score (nSPS) is 25.5. The summed E-state index contributed by atoms with van der Waals surface area (Å²) < 4.78 is 21.9. The van der Waals surface area contributed by atoms with Gasteiger partial charge in [-0.05, 0) is 25.7 Å². The maximum atomic E-state index is 12.0. The van der Waals surface area contributed by atoms with E-state index in [2.05, 4.69) is 0 Å². The van der Waals surface area contributed by atoms with Crippen LogP contribution in [0.2, 0.25) is 0 Å². The number of carbonyl (C=O) groups is 3. The van der Waals surface area contributed by atoms with Crippen molar-refractivity contribution < 1.29 is 38.4 Å². The van der Waals surface area contributed by atoms with Crippen molar-refractivity contribution in [1.82, 2.24) is 0 Å². The van der Waals surface area contributed by atoms with E-state index in [4.69, 9.17) is 24.1 Å². The Morgan fingerprint density at radius 3 is 2.19 bits per heavy atom. The lowest BCUT2D eigenvalue weighted by Gasteiger charge is -2.41. The summed E-state index contributed by atoms with van der Waals surface area (Å²) in [6.45, 7) is 3.86. The van der Waals surface area contributed by atoms with E-state index in [-0.39, 0.29) is 43.7 Å². The van der Waals surface area contributed by atoms with Gasteiger partial charge in [-0.2, -0.15) is 0 Å². The van der Waals surface area contributed by atoms with Gasteiger partial charge < -0.3 is 24.1 Å². The molecule has 1 rings (SSSR count). The molecule has 0 aromatic rings. The monoisotopic (exact) mass is 374 g/mol. The Morgan fingerprint density at radius 2 is 1.65 bits per heavy atom. The molecule has 0 aromatic heterocycles. The molecule has 8 nitrogen and oxygen atoms in total. The Bertz CT molecular complexity index is 464. The first-order chi connectivity index (χ1) is 12.4. The van der Waals surface area contributed by atoms with Gasteiger partial charge >= 0.3 is 17.9 Å². The van der Waals surface area contributed by atoms with Crippen molar-refractivity contribution in [3.63, 3.8) is 0 Å². The number of ether oxygens (including phenoxy) is 4. The van der Waals surface area contributed by atoms with Crippen LogP contribution in [0.4, 0.5) is 0 Å². The number of carboxylic acids is 1. The number of hydrogen-bond donors (Lipinski definition) is 1. The molecule has 1 N–H and O–H groups in total. The Hall–Kier alpha value is -1.67. The molecule has 1 aliphatic rings. The first kappa shape index (κ1) is 22.4. The van der Waals surface area contributed by atoms with E-state index >= 15 is 0 Å². The van der Waals surface area contributed by atoms with Gasteiger partial charge in [-0.3, -0.25) is 14.4 Å². The van der Waals surface area contributed by atoms with Gasteiger partial charge in [0.25, 0.3) is 0 Å². The fourth-order valence-corrected chi connectivity index (χ4v) is 2.97. The molecule has 1 fully saturated rings. The molecule has 0 aliphatic carbocycles. The zero-order chi connectivity index (χ0) is 19.5. The highest BCUT2D eigenvalue weighted by Gasteiger charge is 2.44. The standard InChI is InChI=1S/C18H30O8/c1-4-7-15(21)25-13-11-24-18(23-3)17(26-16(22)8-5-2)12(13)9-6-10-14(19)20/h12-13,17-18H,4-11H2,1-3H3,(H,19,20)/t12-,13+,17-,18-/m1/s1. The van der Waals surface area contributed by atoms with Crippen LogP contribution >= 0.6 is 0 Å². The van der Waals surface area contributed by atoms with Crippen LogP contribution in [0.25, 0.3) is 0 Å². The van der Waals surface area contributed by atoms with E-state index in [1.165, 1.54) is 7.11 Å². The van der Waals surface area contributed by atoms with Crippen LogP contribution in [0.1, 0.15) is 58.8 Å². The number of esters is 2. The molecule has 1 heterocycles. The molecule has 1 aliphatic heterocycles. The molecule has 0 bridgehead atoms. The molecule has 0 spiro atoms. The van der Waals surface area contributed by atoms with Gasteiger partial charge in [0.2, 0.25) is 0 Å². The number of carboxylic acid groups (broad SMARTS) is 1. The molecule has 0 radical (unpaired) electrons. The van der Waals surface area contributed by atoms with Gasteiger partial charge in [-0.1, -0.05) is 13.8 Å². The predicted octanol–water partition coefficient (Wildman–Crippen LogP) is 2.28. The molecular weight excluding hydrogens is 344 g/mol. The van der Waals surface area contributed by atoms with Crippen LogP contribution in [-0.2, 0) is 33.3 Å². The maximum absolute atomic E-state index is 12.0. The van der Waals surface area contributed by atoms with Crippen LogP contribution in [0.3, 0.4) is 0 Å². The smallest absolute Gasteiger partial charge is 0.306 e. The van der Waals surface area contributed by atoms with E-state index in [0.717, 1.165) is 0 Å². The Labute approximate surface area is 154 Å². The largest absolute Gasteiger partial charge is 0.481 e. The van der Waals surface area contributed by atoms with Gasteiger partial charge in [-0.15, -0.1) is 0 Å². The fraction of sp³-hybridized carbons (Fsp3) is 0.833. The molecule has 0 aromatic carbocycles. The van der Waals surface area contributed by atoms with Crippen LogP contribution < -0.4 is 0 Å². The molecule has 0 amide bonds. The van der Waals surface area contributed by atoms with Crippen LogP contribution in [0, 0.1) is 5.92 Å². The number of aliphatic carboxylic acids is 1. The van der Waals surface area contributed by atoms with E-state index in [1.807, 2.05) is 13.8 Å². The average Bonchev–Trinajstić information content (AvgIpc) is 2.57. The third-order valence-corrected chi connectivity index (χ3v) is 4.21. The van der Waals surface area contributed by atoms with Crippen molar-refractivity contribution in [2.45, 2.75) is 77.3 Å². The van der Waals surface area contributed by atoms with Crippen LogP contribution in [-0.4, -0.2) is 55.2 Å². The molecule has 1 saturated heterocycles. The van der Waals surface area contributed by atoms with E-state index < -0.39 is 24.5 Å². The third-order valence-electron chi connectivity index (χ3n) is 4.21. The molecule has 150 valence electrons. The first-order valence-electron chi connectivity index (χ1n) is 9.18. The number of rotatable bonds is 11. The molecule has 26 heavy (non-hydrogen) atoms. The summed E-state index contributed by atoms with van der Waals surface area (Å²) in [5.74, 6) is -2.01. The second-order valence-corrected chi connectivity index (χ2v) is 6.37. The molecule has 0 saturated carbocycles. The number of carbonyl (C=O) groups excluding carboxylic acids is 2. The summed E-state index contributed by atoms with van der Waals surface area (Å²) in [5, 5.41) is 8.88. The third kappa shape index (κ3) is 7.29. The molecule has 4 atom stereocenters. The minimum atomic E-state index is -0.903. The summed E-state index contributed by atoms with van der Waals surface area (Å²) >= 11 is 0. The van der Waals surface area contributed by atoms with E-state index in [1.54, 1.807) is 0 Å². The average molecular weight is 374 g/mol. The van der Waals surface area contributed by atoms with Crippen molar-refractivity contribution in [3.8, 4) is 0 Å². The zero-order valence-corrected chi connectivity index (χ0v) is 15.8. The summed E-state index contributed by atoms with van der Waals surface area (Å²) in [6, 6.07) is 0. The minimum Gasteiger partial charge on any atom is -0.481 e. The number of methoxy groups -OCH3 is 1. The SMILES string of the molecule is CCCC(=O)O[C@H]1[C@H](OC)OC[C@H](OC(=O)CCC)[C@H]1CCCC(=O)O.